The van der Waals surface area contributed by atoms with Crippen molar-refractivity contribution in [2.45, 2.75) is 33.6 Å². The summed E-state index contributed by atoms with van der Waals surface area (Å²) in [6.45, 7) is 8.94. The molecular formula is C10H19BrO. The number of hydrogen-bond donors (Lipinski definition) is 0. The van der Waals surface area contributed by atoms with Crippen molar-refractivity contribution in [2.24, 2.45) is 10.8 Å². The predicted octanol–water partition coefficient (Wildman–Crippen LogP) is 3.22. The first-order chi connectivity index (χ1) is 5.52. The van der Waals surface area contributed by atoms with Crippen molar-refractivity contribution in [3.05, 3.63) is 0 Å². The van der Waals surface area contributed by atoms with Gasteiger partial charge >= 0.3 is 0 Å². The van der Waals surface area contributed by atoms with E-state index in [1.165, 1.54) is 12.8 Å². The molecule has 0 aromatic heterocycles. The van der Waals surface area contributed by atoms with Gasteiger partial charge in [0.15, 0.2) is 0 Å². The summed E-state index contributed by atoms with van der Waals surface area (Å²) in [5.74, 6) is 0. The van der Waals surface area contributed by atoms with Gasteiger partial charge in [0.1, 0.15) is 0 Å². The monoisotopic (exact) mass is 234 g/mol. The minimum absolute atomic E-state index is 0.386. The van der Waals surface area contributed by atoms with Gasteiger partial charge in [0, 0.05) is 18.5 Å². The van der Waals surface area contributed by atoms with Crippen LogP contribution in [0.3, 0.4) is 0 Å². The lowest BCUT2D eigenvalue weighted by molar-refractivity contribution is -0.0318. The van der Waals surface area contributed by atoms with E-state index < -0.39 is 0 Å². The van der Waals surface area contributed by atoms with Crippen LogP contribution in [0, 0.1) is 10.8 Å². The Morgan fingerprint density at radius 2 is 1.83 bits per heavy atom. The third-order valence-corrected chi connectivity index (χ3v) is 4.97. The molecule has 72 valence electrons. The maximum absolute atomic E-state index is 5.39. The van der Waals surface area contributed by atoms with Crippen LogP contribution in [-0.4, -0.2) is 18.5 Å². The molecule has 0 radical (unpaired) electrons. The molecule has 0 aromatic carbocycles. The van der Waals surface area contributed by atoms with Crippen LogP contribution in [0.5, 0.6) is 0 Å². The molecule has 1 rings (SSSR count). The fourth-order valence-corrected chi connectivity index (χ4v) is 2.34. The van der Waals surface area contributed by atoms with Crippen LogP contribution in [0.25, 0.3) is 0 Å². The molecule has 0 atom stereocenters. The van der Waals surface area contributed by atoms with Gasteiger partial charge in [-0.25, -0.2) is 0 Å². The fraction of sp³-hybridized carbons (Fsp3) is 1.00. The maximum atomic E-state index is 5.39. The Bertz CT molecular complexity index is 148. The number of halogens is 1. The van der Waals surface area contributed by atoms with E-state index in [0.29, 0.717) is 10.8 Å². The van der Waals surface area contributed by atoms with Crippen molar-refractivity contribution in [2.75, 3.05) is 18.5 Å². The lowest BCUT2D eigenvalue weighted by atomic mass is 9.64. The molecule has 0 saturated carbocycles. The molecule has 2 heteroatoms. The number of rotatable bonds is 2. The molecule has 0 amide bonds. The summed E-state index contributed by atoms with van der Waals surface area (Å²) < 4.78 is 5.39. The van der Waals surface area contributed by atoms with E-state index in [1.54, 1.807) is 0 Å². The zero-order valence-electron chi connectivity index (χ0n) is 8.32. The Balaban J connectivity index is 2.68. The zero-order chi connectivity index (χ0) is 9.24. The molecule has 0 bridgehead atoms. The smallest absolute Gasteiger partial charge is 0.0471 e. The van der Waals surface area contributed by atoms with Crippen LogP contribution in [0.4, 0.5) is 0 Å². The summed E-state index contributed by atoms with van der Waals surface area (Å²) >= 11 is 3.60. The first kappa shape index (κ1) is 10.5. The average molecular weight is 235 g/mol. The molecule has 0 unspecified atom stereocenters. The summed E-state index contributed by atoms with van der Waals surface area (Å²) in [4.78, 5) is 0. The number of alkyl halides is 1. The summed E-state index contributed by atoms with van der Waals surface area (Å²) in [5, 5.41) is 1.08. The predicted molar refractivity (Wildman–Crippen MR) is 55.7 cm³/mol. The molecule has 1 fully saturated rings. The summed E-state index contributed by atoms with van der Waals surface area (Å²) in [5.41, 5.74) is 0.839. The van der Waals surface area contributed by atoms with Gasteiger partial charge in [-0.05, 0) is 23.7 Å². The van der Waals surface area contributed by atoms with Crippen LogP contribution in [0.2, 0.25) is 0 Å². The second-order valence-corrected chi connectivity index (χ2v) is 5.25. The summed E-state index contributed by atoms with van der Waals surface area (Å²) in [7, 11) is 0. The van der Waals surface area contributed by atoms with E-state index in [4.69, 9.17) is 4.74 Å². The minimum Gasteiger partial charge on any atom is -0.381 e. The first-order valence-electron chi connectivity index (χ1n) is 4.66. The van der Waals surface area contributed by atoms with Crippen molar-refractivity contribution >= 4 is 15.9 Å². The van der Waals surface area contributed by atoms with E-state index in [0.717, 1.165) is 18.5 Å². The van der Waals surface area contributed by atoms with Gasteiger partial charge in [0.25, 0.3) is 0 Å². The van der Waals surface area contributed by atoms with E-state index >= 15 is 0 Å². The van der Waals surface area contributed by atoms with E-state index in [2.05, 4.69) is 36.7 Å². The van der Waals surface area contributed by atoms with Crippen molar-refractivity contribution < 1.29 is 4.74 Å². The van der Waals surface area contributed by atoms with Crippen LogP contribution in [-0.2, 0) is 4.74 Å². The molecule has 12 heavy (non-hydrogen) atoms. The Labute approximate surface area is 84.0 Å². The first-order valence-corrected chi connectivity index (χ1v) is 5.78. The van der Waals surface area contributed by atoms with Gasteiger partial charge < -0.3 is 4.74 Å². The molecule has 1 saturated heterocycles. The van der Waals surface area contributed by atoms with E-state index in [-0.39, 0.29) is 0 Å². The molecule has 1 aliphatic heterocycles. The highest BCUT2D eigenvalue weighted by Crippen LogP contribution is 2.47. The number of ether oxygens (including phenoxy) is 1. The third kappa shape index (κ3) is 1.85. The Morgan fingerprint density at radius 1 is 1.33 bits per heavy atom. The van der Waals surface area contributed by atoms with Gasteiger partial charge in [-0.15, -0.1) is 0 Å². The second-order valence-electron chi connectivity index (χ2n) is 4.69. The van der Waals surface area contributed by atoms with Crippen LogP contribution < -0.4 is 0 Å². The second kappa shape index (κ2) is 3.67. The zero-order valence-corrected chi connectivity index (χ0v) is 9.91. The Kier molecular flexibility index (Phi) is 3.21. The van der Waals surface area contributed by atoms with Crippen LogP contribution in [0.15, 0.2) is 0 Å². The SMILES string of the molecule is CC(C)(CBr)C1(C)CCOCC1. The molecule has 0 spiro atoms. The summed E-state index contributed by atoms with van der Waals surface area (Å²) in [6, 6.07) is 0. The van der Waals surface area contributed by atoms with Gasteiger partial charge in [0.2, 0.25) is 0 Å². The highest BCUT2D eigenvalue weighted by Gasteiger charge is 2.40. The largest absolute Gasteiger partial charge is 0.381 e. The van der Waals surface area contributed by atoms with Crippen molar-refractivity contribution in [1.29, 1.82) is 0 Å². The highest BCUT2D eigenvalue weighted by atomic mass is 79.9. The normalized spacial score (nSPS) is 24.0. The van der Waals surface area contributed by atoms with E-state index in [9.17, 15) is 0 Å². The van der Waals surface area contributed by atoms with Gasteiger partial charge in [-0.2, -0.15) is 0 Å². The van der Waals surface area contributed by atoms with E-state index in [1.807, 2.05) is 0 Å². The summed E-state index contributed by atoms with van der Waals surface area (Å²) in [6.07, 6.45) is 2.40. The lowest BCUT2D eigenvalue weighted by Crippen LogP contribution is -2.41. The lowest BCUT2D eigenvalue weighted by Gasteiger charge is -2.46. The maximum Gasteiger partial charge on any atom is 0.0471 e. The Hall–Kier alpha value is 0.440. The third-order valence-electron chi connectivity index (χ3n) is 3.56. The minimum atomic E-state index is 0.386. The molecule has 1 heterocycles. The number of hydrogen-bond acceptors (Lipinski definition) is 1. The van der Waals surface area contributed by atoms with Gasteiger partial charge in [-0.1, -0.05) is 36.7 Å². The molecule has 0 aliphatic carbocycles. The van der Waals surface area contributed by atoms with Gasteiger partial charge in [0.05, 0.1) is 0 Å². The van der Waals surface area contributed by atoms with Crippen molar-refractivity contribution in [3.63, 3.8) is 0 Å². The van der Waals surface area contributed by atoms with Crippen LogP contribution >= 0.6 is 15.9 Å². The van der Waals surface area contributed by atoms with Crippen LogP contribution in [0.1, 0.15) is 33.6 Å². The van der Waals surface area contributed by atoms with Crippen molar-refractivity contribution in [3.8, 4) is 0 Å². The molecular weight excluding hydrogens is 216 g/mol. The molecule has 1 nitrogen and oxygen atoms in total. The fourth-order valence-electron chi connectivity index (χ4n) is 1.66. The van der Waals surface area contributed by atoms with Crippen molar-refractivity contribution in [1.82, 2.24) is 0 Å². The standard InChI is InChI=1S/C10H19BrO/c1-9(2,8-11)10(3)4-6-12-7-5-10/h4-8H2,1-3H3. The quantitative estimate of drug-likeness (QED) is 0.668. The molecule has 1 aliphatic rings. The Morgan fingerprint density at radius 3 is 2.25 bits per heavy atom. The topological polar surface area (TPSA) is 9.23 Å². The average Bonchev–Trinajstić information content (AvgIpc) is 2.06. The molecule has 0 N–H and O–H groups in total. The van der Waals surface area contributed by atoms with Gasteiger partial charge in [-0.3, -0.25) is 0 Å². The molecule has 0 aromatic rings. The highest BCUT2D eigenvalue weighted by molar-refractivity contribution is 9.09.